The van der Waals surface area contributed by atoms with Crippen LogP contribution >= 0.6 is 0 Å². The van der Waals surface area contributed by atoms with Gasteiger partial charge in [0.05, 0.1) is 12.1 Å². The monoisotopic (exact) mass is 263 g/mol. The highest BCUT2D eigenvalue weighted by Crippen LogP contribution is 2.15. The van der Waals surface area contributed by atoms with Crippen molar-refractivity contribution in [1.29, 1.82) is 0 Å². The Balaban J connectivity index is 2.60. The molecule has 0 fully saturated rings. The standard InChI is InChI=1S/C15H21NO3/c1-15(2,3)19-14(17)13(11-16-18)10-9-12-7-5-4-6-8-12/h4-8,11,13,18H,9-10H2,1-3H3/b16-11-. The van der Waals surface area contributed by atoms with Crippen molar-refractivity contribution in [2.75, 3.05) is 0 Å². The summed E-state index contributed by atoms with van der Waals surface area (Å²) in [6, 6.07) is 9.87. The maximum atomic E-state index is 11.9. The molecule has 104 valence electrons. The number of hydrogen-bond acceptors (Lipinski definition) is 4. The molecular weight excluding hydrogens is 242 g/mol. The van der Waals surface area contributed by atoms with Crippen molar-refractivity contribution in [3.8, 4) is 0 Å². The Labute approximate surface area is 114 Å². The molecule has 1 atom stereocenters. The maximum Gasteiger partial charge on any atom is 0.315 e. The lowest BCUT2D eigenvalue weighted by Gasteiger charge is -2.22. The first-order valence-corrected chi connectivity index (χ1v) is 6.37. The van der Waals surface area contributed by atoms with Crippen molar-refractivity contribution < 1.29 is 14.7 Å². The van der Waals surface area contributed by atoms with Gasteiger partial charge in [0.15, 0.2) is 0 Å². The number of esters is 1. The smallest absolute Gasteiger partial charge is 0.315 e. The molecular formula is C15H21NO3. The number of carbonyl (C=O) groups excluding carboxylic acids is 1. The summed E-state index contributed by atoms with van der Waals surface area (Å²) in [5.41, 5.74) is 0.605. The van der Waals surface area contributed by atoms with Gasteiger partial charge in [-0.15, -0.1) is 5.16 Å². The first kappa shape index (κ1) is 15.2. The van der Waals surface area contributed by atoms with E-state index in [1.807, 2.05) is 51.1 Å². The molecule has 1 unspecified atom stereocenters. The van der Waals surface area contributed by atoms with E-state index in [0.29, 0.717) is 6.42 Å². The van der Waals surface area contributed by atoms with Gasteiger partial charge in [-0.1, -0.05) is 30.3 Å². The van der Waals surface area contributed by atoms with E-state index in [1.54, 1.807) is 0 Å². The quantitative estimate of drug-likeness (QED) is 0.384. The molecule has 0 saturated heterocycles. The Bertz CT molecular complexity index is 421. The molecule has 0 aliphatic heterocycles. The lowest BCUT2D eigenvalue weighted by molar-refractivity contribution is -0.157. The normalized spacial score (nSPS) is 13.4. The van der Waals surface area contributed by atoms with Crippen LogP contribution in [0.15, 0.2) is 35.5 Å². The Morgan fingerprint density at radius 2 is 2.00 bits per heavy atom. The van der Waals surface area contributed by atoms with Crippen LogP contribution in [-0.2, 0) is 16.0 Å². The second-order valence-electron chi connectivity index (χ2n) is 5.43. The molecule has 0 radical (unpaired) electrons. The van der Waals surface area contributed by atoms with Crippen LogP contribution in [0.4, 0.5) is 0 Å². The van der Waals surface area contributed by atoms with Gasteiger partial charge in [0.2, 0.25) is 0 Å². The molecule has 1 rings (SSSR count). The minimum Gasteiger partial charge on any atom is -0.459 e. The molecule has 0 bridgehead atoms. The fraction of sp³-hybridized carbons (Fsp3) is 0.467. The van der Waals surface area contributed by atoms with Crippen LogP contribution in [0.1, 0.15) is 32.8 Å². The van der Waals surface area contributed by atoms with E-state index in [4.69, 9.17) is 9.94 Å². The summed E-state index contributed by atoms with van der Waals surface area (Å²) in [7, 11) is 0. The topological polar surface area (TPSA) is 58.9 Å². The molecule has 0 aliphatic carbocycles. The summed E-state index contributed by atoms with van der Waals surface area (Å²) >= 11 is 0. The van der Waals surface area contributed by atoms with E-state index >= 15 is 0 Å². The largest absolute Gasteiger partial charge is 0.459 e. The molecule has 1 aromatic carbocycles. The number of benzene rings is 1. The second-order valence-corrected chi connectivity index (χ2v) is 5.43. The first-order chi connectivity index (χ1) is 8.92. The van der Waals surface area contributed by atoms with Crippen LogP contribution in [-0.4, -0.2) is 23.0 Å². The van der Waals surface area contributed by atoms with E-state index in [2.05, 4.69) is 5.16 Å². The van der Waals surface area contributed by atoms with E-state index in [-0.39, 0.29) is 5.97 Å². The molecule has 0 amide bonds. The molecule has 1 aromatic rings. The highest BCUT2D eigenvalue weighted by Gasteiger charge is 2.23. The Kier molecular flexibility index (Phi) is 5.55. The van der Waals surface area contributed by atoms with Crippen molar-refractivity contribution in [3.05, 3.63) is 35.9 Å². The molecule has 0 aliphatic rings. The van der Waals surface area contributed by atoms with Crippen LogP contribution in [0.5, 0.6) is 0 Å². The molecule has 19 heavy (non-hydrogen) atoms. The minimum absolute atomic E-state index is 0.360. The zero-order valence-corrected chi connectivity index (χ0v) is 11.7. The summed E-state index contributed by atoms with van der Waals surface area (Å²) in [5.74, 6) is -0.884. The van der Waals surface area contributed by atoms with Gasteiger partial charge >= 0.3 is 5.97 Å². The lowest BCUT2D eigenvalue weighted by atomic mass is 10.00. The number of nitrogens with zero attached hydrogens (tertiary/aromatic N) is 1. The van der Waals surface area contributed by atoms with Crippen molar-refractivity contribution >= 4 is 12.2 Å². The summed E-state index contributed by atoms with van der Waals surface area (Å²) in [6.45, 7) is 5.44. The van der Waals surface area contributed by atoms with Crippen LogP contribution in [0, 0.1) is 5.92 Å². The number of hydrogen-bond donors (Lipinski definition) is 1. The zero-order chi connectivity index (χ0) is 14.3. The molecule has 0 saturated carbocycles. The Morgan fingerprint density at radius 3 is 2.53 bits per heavy atom. The predicted octanol–water partition coefficient (Wildman–Crippen LogP) is 3.04. The third-order valence-corrected chi connectivity index (χ3v) is 2.54. The number of oxime groups is 1. The van der Waals surface area contributed by atoms with Crippen LogP contribution in [0.25, 0.3) is 0 Å². The van der Waals surface area contributed by atoms with Crippen LogP contribution < -0.4 is 0 Å². The summed E-state index contributed by atoms with van der Waals surface area (Å²) in [5, 5.41) is 11.6. The molecule has 4 nitrogen and oxygen atoms in total. The molecule has 0 spiro atoms. The summed E-state index contributed by atoms with van der Waals surface area (Å²) in [6.07, 6.45) is 2.52. The third kappa shape index (κ3) is 6.04. The van der Waals surface area contributed by atoms with Gasteiger partial charge in [0.1, 0.15) is 5.60 Å². The van der Waals surface area contributed by atoms with Gasteiger partial charge in [-0.05, 0) is 39.2 Å². The minimum atomic E-state index is -0.536. The van der Waals surface area contributed by atoms with Gasteiger partial charge in [-0.2, -0.15) is 0 Å². The van der Waals surface area contributed by atoms with Gasteiger partial charge in [-0.25, -0.2) is 0 Å². The van der Waals surface area contributed by atoms with Crippen molar-refractivity contribution in [2.24, 2.45) is 11.1 Å². The number of ether oxygens (including phenoxy) is 1. The van der Waals surface area contributed by atoms with Gasteiger partial charge in [-0.3, -0.25) is 4.79 Å². The fourth-order valence-electron chi connectivity index (χ4n) is 1.68. The van der Waals surface area contributed by atoms with Gasteiger partial charge in [0, 0.05) is 0 Å². The highest BCUT2D eigenvalue weighted by atomic mass is 16.6. The highest BCUT2D eigenvalue weighted by molar-refractivity contribution is 5.89. The van der Waals surface area contributed by atoms with Crippen molar-refractivity contribution in [1.82, 2.24) is 0 Å². The number of carbonyl (C=O) groups is 1. The van der Waals surface area contributed by atoms with Gasteiger partial charge in [0.25, 0.3) is 0 Å². The molecule has 0 heterocycles. The second kappa shape index (κ2) is 6.92. The number of aryl methyl sites for hydroxylation is 1. The summed E-state index contributed by atoms with van der Waals surface area (Å²) in [4.78, 5) is 11.9. The van der Waals surface area contributed by atoms with Crippen molar-refractivity contribution in [3.63, 3.8) is 0 Å². The van der Waals surface area contributed by atoms with E-state index < -0.39 is 11.5 Å². The van der Waals surface area contributed by atoms with Crippen LogP contribution in [0.3, 0.4) is 0 Å². The lowest BCUT2D eigenvalue weighted by Crippen LogP contribution is -2.29. The molecule has 4 heteroatoms. The van der Waals surface area contributed by atoms with E-state index in [0.717, 1.165) is 12.0 Å². The van der Waals surface area contributed by atoms with Crippen LogP contribution in [0.2, 0.25) is 0 Å². The molecule has 1 N–H and O–H groups in total. The van der Waals surface area contributed by atoms with Crippen molar-refractivity contribution in [2.45, 2.75) is 39.2 Å². The number of rotatable bonds is 5. The van der Waals surface area contributed by atoms with E-state index in [9.17, 15) is 4.79 Å². The Morgan fingerprint density at radius 1 is 1.37 bits per heavy atom. The third-order valence-electron chi connectivity index (χ3n) is 2.54. The summed E-state index contributed by atoms with van der Waals surface area (Å²) < 4.78 is 5.30. The SMILES string of the molecule is CC(C)(C)OC(=O)C(/C=N\O)CCc1ccccc1. The predicted molar refractivity (Wildman–Crippen MR) is 74.4 cm³/mol. The fourth-order valence-corrected chi connectivity index (χ4v) is 1.68. The first-order valence-electron chi connectivity index (χ1n) is 6.37. The molecule has 0 aromatic heterocycles. The maximum absolute atomic E-state index is 11.9. The average Bonchev–Trinajstić information content (AvgIpc) is 2.33. The zero-order valence-electron chi connectivity index (χ0n) is 11.7. The Hall–Kier alpha value is -1.84. The van der Waals surface area contributed by atoms with Gasteiger partial charge < -0.3 is 9.94 Å². The van der Waals surface area contributed by atoms with E-state index in [1.165, 1.54) is 6.21 Å². The average molecular weight is 263 g/mol.